The lowest BCUT2D eigenvalue weighted by molar-refractivity contribution is -0.870. The van der Waals surface area contributed by atoms with Crippen molar-refractivity contribution < 1.29 is 32.9 Å². The first-order valence-electron chi connectivity index (χ1n) is 31.9. The molecule has 0 heterocycles. The largest absolute Gasteiger partial charge is 0.472 e. The van der Waals surface area contributed by atoms with Crippen LogP contribution in [-0.4, -0.2) is 73.4 Å². The molecule has 3 unspecified atom stereocenters. The second kappa shape index (κ2) is 58.6. The lowest BCUT2D eigenvalue weighted by atomic mass is 10.0. The molecule has 0 saturated heterocycles. The Bertz CT molecular complexity index is 1680. The summed E-state index contributed by atoms with van der Waals surface area (Å²) in [6, 6.07) is -0.888. The van der Waals surface area contributed by atoms with E-state index in [2.05, 4.69) is 129 Å². The van der Waals surface area contributed by atoms with Gasteiger partial charge in [-0.05, 0) is 83.5 Å². The highest BCUT2D eigenvalue weighted by Crippen LogP contribution is 2.43. The highest BCUT2D eigenvalue weighted by Gasteiger charge is 2.27. The summed E-state index contributed by atoms with van der Waals surface area (Å²) >= 11 is 0. The maximum absolute atomic E-state index is 13.0. The van der Waals surface area contributed by atoms with Crippen molar-refractivity contribution in [2.24, 2.45) is 0 Å². The van der Waals surface area contributed by atoms with E-state index in [9.17, 15) is 19.4 Å². The van der Waals surface area contributed by atoms with E-state index in [0.29, 0.717) is 17.4 Å². The van der Waals surface area contributed by atoms with Crippen molar-refractivity contribution in [3.05, 3.63) is 122 Å². The van der Waals surface area contributed by atoms with Gasteiger partial charge in [-0.25, -0.2) is 4.57 Å². The third-order valence-corrected chi connectivity index (χ3v) is 14.7. The van der Waals surface area contributed by atoms with Crippen LogP contribution in [0.5, 0.6) is 0 Å². The van der Waals surface area contributed by atoms with E-state index in [-0.39, 0.29) is 25.5 Å². The van der Waals surface area contributed by atoms with Crippen molar-refractivity contribution in [1.82, 2.24) is 5.32 Å². The number of unbranched alkanes of at least 4 members (excludes halogenated alkanes) is 26. The molecule has 0 aliphatic rings. The summed E-state index contributed by atoms with van der Waals surface area (Å²) in [5.41, 5.74) is 0. The van der Waals surface area contributed by atoms with E-state index in [4.69, 9.17) is 9.05 Å². The number of allylic oxidation sites excluding steroid dienone is 19. The zero-order valence-corrected chi connectivity index (χ0v) is 52.0. The van der Waals surface area contributed by atoms with Gasteiger partial charge in [0.1, 0.15) is 13.2 Å². The molecule has 3 atom stereocenters. The third kappa shape index (κ3) is 60.5. The van der Waals surface area contributed by atoms with E-state index >= 15 is 0 Å². The Balaban J connectivity index is 4.30. The molecule has 0 aromatic carbocycles. The number of hydrogen-bond donors (Lipinski definition) is 3. The van der Waals surface area contributed by atoms with Gasteiger partial charge < -0.3 is 19.8 Å². The lowest BCUT2D eigenvalue weighted by Gasteiger charge is -2.25. The minimum Gasteiger partial charge on any atom is -0.387 e. The van der Waals surface area contributed by atoms with E-state index < -0.39 is 20.0 Å². The number of nitrogens with one attached hydrogen (secondary N) is 1. The summed E-state index contributed by atoms with van der Waals surface area (Å²) in [5.74, 6) is -0.237. The molecule has 0 bridgehead atoms. The lowest BCUT2D eigenvalue weighted by Crippen LogP contribution is -2.45. The molecule has 0 radical (unpaired) electrons. The van der Waals surface area contributed by atoms with Gasteiger partial charge in [-0.1, -0.05) is 289 Å². The van der Waals surface area contributed by atoms with E-state index in [1.54, 1.807) is 6.08 Å². The second-order valence-electron chi connectivity index (χ2n) is 22.4. The highest BCUT2D eigenvalue weighted by molar-refractivity contribution is 7.47. The predicted molar refractivity (Wildman–Crippen MR) is 341 cm³/mol. The number of carbonyl (C=O) groups excluding carboxylic acids is 1. The van der Waals surface area contributed by atoms with Crippen LogP contribution in [0.3, 0.4) is 0 Å². The minimum atomic E-state index is -4.38. The summed E-state index contributed by atoms with van der Waals surface area (Å²) in [7, 11) is 1.52. The van der Waals surface area contributed by atoms with Crippen LogP contribution in [0.25, 0.3) is 0 Å². The van der Waals surface area contributed by atoms with Crippen LogP contribution in [0, 0.1) is 0 Å². The number of likely N-dealkylation sites (N-methyl/N-ethyl adjacent to an activating group) is 1. The average molecular weight is 1110 g/mol. The number of rotatable bonds is 57. The molecular weight excluding hydrogens is 984 g/mol. The number of phosphoric acid groups is 1. The van der Waals surface area contributed by atoms with Crippen molar-refractivity contribution in [1.29, 1.82) is 0 Å². The summed E-state index contributed by atoms with van der Waals surface area (Å²) in [6.45, 7) is 4.67. The highest BCUT2D eigenvalue weighted by atomic mass is 31.2. The van der Waals surface area contributed by atoms with Crippen molar-refractivity contribution in [2.45, 2.75) is 270 Å². The molecule has 0 aliphatic heterocycles. The SMILES string of the molecule is CC/C=C\C/C=C\C/C=C\C/C=C\C/C=C\C/C=C\C/C=C\C/C=C\C/C=C\CCCC(=O)NC(COP(=O)(O)OCC[N+](C)(C)C)C(O)/C=C/CCCCCCCCCCCCCCCCCCCCCCCCCCC. The Morgan fingerprint density at radius 1 is 0.449 bits per heavy atom. The van der Waals surface area contributed by atoms with Gasteiger partial charge in [0.25, 0.3) is 0 Å². The molecule has 0 fully saturated rings. The molecule has 3 N–H and O–H groups in total. The van der Waals surface area contributed by atoms with Gasteiger partial charge in [0.05, 0.1) is 39.9 Å². The number of amides is 1. The molecule has 0 aromatic rings. The monoisotopic (exact) mass is 1110 g/mol. The summed E-state index contributed by atoms with van der Waals surface area (Å²) in [4.78, 5) is 23.3. The number of nitrogens with zero attached hydrogens (tertiary/aromatic N) is 1. The molecule has 448 valence electrons. The van der Waals surface area contributed by atoms with Crippen molar-refractivity contribution in [2.75, 3.05) is 40.9 Å². The number of aliphatic hydroxyl groups is 1. The van der Waals surface area contributed by atoms with E-state index in [1.165, 1.54) is 148 Å². The van der Waals surface area contributed by atoms with Crippen LogP contribution in [0.4, 0.5) is 0 Å². The molecule has 0 aliphatic carbocycles. The van der Waals surface area contributed by atoms with Crippen molar-refractivity contribution in [3.63, 3.8) is 0 Å². The first-order valence-corrected chi connectivity index (χ1v) is 33.4. The Kier molecular flexibility index (Phi) is 56.2. The maximum Gasteiger partial charge on any atom is 0.472 e. The van der Waals surface area contributed by atoms with Gasteiger partial charge in [0.2, 0.25) is 5.91 Å². The van der Waals surface area contributed by atoms with Crippen LogP contribution >= 0.6 is 7.82 Å². The predicted octanol–water partition coefficient (Wildman–Crippen LogP) is 20.1. The maximum atomic E-state index is 13.0. The van der Waals surface area contributed by atoms with Crippen molar-refractivity contribution in [3.8, 4) is 0 Å². The fourth-order valence-corrected chi connectivity index (χ4v) is 9.49. The van der Waals surface area contributed by atoms with Gasteiger partial charge in [0.15, 0.2) is 0 Å². The molecule has 8 nitrogen and oxygen atoms in total. The summed E-state index contributed by atoms with van der Waals surface area (Å²) in [5, 5.41) is 13.9. The number of aliphatic hydroxyl groups excluding tert-OH is 1. The van der Waals surface area contributed by atoms with Gasteiger partial charge in [-0.2, -0.15) is 0 Å². The molecule has 78 heavy (non-hydrogen) atoms. The molecule has 1 amide bonds. The Hall–Kier alpha value is -3.10. The number of carbonyl (C=O) groups is 1. The van der Waals surface area contributed by atoms with Crippen LogP contribution in [0.2, 0.25) is 0 Å². The Labute approximate surface area is 482 Å². The summed E-state index contributed by atoms with van der Waals surface area (Å²) < 4.78 is 23.7. The standard InChI is InChI=1S/C69H121N2O6P/c1-6-8-10-12-14-16-18-20-22-24-26-28-30-32-34-35-37-39-41-43-45-47-49-51-53-55-57-59-61-63-69(73)70-67(66-77-78(74,75)76-65-64-71(3,4)5)68(72)62-60-58-56-54-52-50-48-46-44-42-40-38-36-33-31-29-27-25-23-21-19-17-15-13-11-9-7-2/h8,10,14,16,20,22,26,28,32,34,37,39,43,45,49,51,55,57,60,62,67-68,72H,6-7,9,11-13,15,17-19,21,23-25,27,29-31,33,35-36,38,40-42,44,46-48,50,52-54,56,58-59,61,63-66H2,1-5H3,(H-,70,73,74,75)/p+1/b10-8-,16-14-,22-20-,28-26-,34-32-,39-37-,45-43-,51-49-,57-55-,62-60+. The van der Waals surface area contributed by atoms with Crippen molar-refractivity contribution >= 4 is 13.7 Å². The van der Waals surface area contributed by atoms with Gasteiger partial charge in [-0.15, -0.1) is 0 Å². The topological polar surface area (TPSA) is 105 Å². The van der Waals surface area contributed by atoms with Crippen LogP contribution in [-0.2, 0) is 18.4 Å². The fraction of sp³-hybridized carbons (Fsp3) is 0.696. The van der Waals surface area contributed by atoms with Gasteiger partial charge in [0, 0.05) is 6.42 Å². The Morgan fingerprint density at radius 3 is 1.12 bits per heavy atom. The molecule has 0 rings (SSSR count). The quantitative estimate of drug-likeness (QED) is 0.0243. The number of phosphoric ester groups is 1. The normalized spacial score (nSPS) is 14.6. The first kappa shape index (κ1) is 74.9. The fourth-order valence-electron chi connectivity index (χ4n) is 8.75. The van der Waals surface area contributed by atoms with Gasteiger partial charge in [-0.3, -0.25) is 13.8 Å². The van der Waals surface area contributed by atoms with E-state index in [0.717, 1.165) is 83.5 Å². The number of quaternary nitrogens is 1. The van der Waals surface area contributed by atoms with Gasteiger partial charge >= 0.3 is 7.82 Å². The molecule has 0 saturated carbocycles. The zero-order valence-electron chi connectivity index (χ0n) is 51.1. The molecule has 9 heteroatoms. The third-order valence-electron chi connectivity index (χ3n) is 13.7. The molecule has 0 spiro atoms. The zero-order chi connectivity index (χ0) is 57.0. The number of hydrogen-bond acceptors (Lipinski definition) is 5. The smallest absolute Gasteiger partial charge is 0.387 e. The average Bonchev–Trinajstić information content (AvgIpc) is 3.41. The molecule has 0 aromatic heterocycles. The Morgan fingerprint density at radius 2 is 0.769 bits per heavy atom. The van der Waals surface area contributed by atoms with E-state index in [1.807, 2.05) is 27.2 Å². The first-order chi connectivity index (χ1) is 38.0. The van der Waals surface area contributed by atoms with Crippen LogP contribution < -0.4 is 5.32 Å². The molecular formula is C69H122N2O6P+. The van der Waals surface area contributed by atoms with Crippen LogP contribution in [0.1, 0.15) is 258 Å². The summed E-state index contributed by atoms with van der Waals surface area (Å²) in [6.07, 6.45) is 87.6. The second-order valence-corrected chi connectivity index (χ2v) is 23.9. The van der Waals surface area contributed by atoms with Crippen LogP contribution in [0.15, 0.2) is 122 Å². The minimum absolute atomic E-state index is 0.0441.